The van der Waals surface area contributed by atoms with Crippen molar-refractivity contribution in [3.05, 3.63) is 0 Å². The second-order valence-corrected chi connectivity index (χ2v) is 10.9. The van der Waals surface area contributed by atoms with Gasteiger partial charge in [0, 0.05) is 56.8 Å². The van der Waals surface area contributed by atoms with Gasteiger partial charge < -0.3 is 21.3 Å². The summed E-state index contributed by atoms with van der Waals surface area (Å²) < 4.78 is 0. The minimum Gasteiger partial charge on any atom is -0.356 e. The number of rotatable bonds is 4. The monoisotopic (exact) mass is 482 g/mol. The standard InChI is InChI=1S/C22H39ClN8O2/c1-12-19(15-3-2-4-16-14(15)5-6-24-21(16)32)25-11-18(29-12)22(33)30-13-9-17(23)20(26-10-13)31-27-7-8-28-31/h12-20,25-29H,2-11H2,1H3,(H,24,32)(H,30,33). The smallest absolute Gasteiger partial charge is 0.238 e. The second kappa shape index (κ2) is 10.3. The van der Waals surface area contributed by atoms with E-state index in [0.29, 0.717) is 24.9 Å². The van der Waals surface area contributed by atoms with Crippen molar-refractivity contribution >= 4 is 23.4 Å². The number of piperidine rings is 2. The van der Waals surface area contributed by atoms with Crippen molar-refractivity contribution in [3.63, 3.8) is 0 Å². The summed E-state index contributed by atoms with van der Waals surface area (Å²) in [4.78, 5) is 25.4. The van der Waals surface area contributed by atoms with Gasteiger partial charge in [-0.3, -0.25) is 14.9 Å². The lowest BCUT2D eigenvalue weighted by atomic mass is 9.65. The van der Waals surface area contributed by atoms with E-state index in [2.05, 4.69) is 44.4 Å². The zero-order chi connectivity index (χ0) is 22.9. The third kappa shape index (κ3) is 5.03. The maximum Gasteiger partial charge on any atom is 0.238 e. The van der Waals surface area contributed by atoms with Gasteiger partial charge >= 0.3 is 0 Å². The summed E-state index contributed by atoms with van der Waals surface area (Å²) in [5.41, 5.74) is 6.53. The van der Waals surface area contributed by atoms with Gasteiger partial charge in [0.25, 0.3) is 0 Å². The molecule has 1 saturated carbocycles. The average molecular weight is 483 g/mol. The molecule has 4 aliphatic heterocycles. The fraction of sp³-hybridized carbons (Fsp3) is 0.909. The number of nitrogens with one attached hydrogen (secondary N) is 7. The first kappa shape index (κ1) is 23.7. The minimum atomic E-state index is -0.265. The van der Waals surface area contributed by atoms with Crippen molar-refractivity contribution in [2.75, 3.05) is 32.7 Å². The third-order valence-electron chi connectivity index (χ3n) is 8.31. The summed E-state index contributed by atoms with van der Waals surface area (Å²) in [5, 5.41) is 18.8. The van der Waals surface area contributed by atoms with Crippen molar-refractivity contribution in [2.45, 2.75) is 74.7 Å². The van der Waals surface area contributed by atoms with Gasteiger partial charge in [0.1, 0.15) is 6.17 Å². The second-order valence-electron chi connectivity index (χ2n) is 10.4. The highest BCUT2D eigenvalue weighted by atomic mass is 35.5. The summed E-state index contributed by atoms with van der Waals surface area (Å²) in [6.45, 7) is 6.02. The zero-order valence-corrected chi connectivity index (χ0v) is 20.2. The fourth-order valence-electron chi connectivity index (χ4n) is 6.73. The van der Waals surface area contributed by atoms with Crippen LogP contribution in [0.1, 0.15) is 39.0 Å². The van der Waals surface area contributed by atoms with E-state index < -0.39 is 0 Å². The summed E-state index contributed by atoms with van der Waals surface area (Å²) in [6.07, 6.45) is 5.05. The van der Waals surface area contributed by atoms with Gasteiger partial charge in [0.05, 0.1) is 11.4 Å². The molecule has 2 amide bonds. The van der Waals surface area contributed by atoms with Crippen LogP contribution in [0.15, 0.2) is 0 Å². The van der Waals surface area contributed by atoms with Gasteiger partial charge in [-0.2, -0.15) is 5.12 Å². The van der Waals surface area contributed by atoms with Gasteiger partial charge in [0.15, 0.2) is 0 Å². The molecule has 7 N–H and O–H groups in total. The number of carbonyl (C=O) groups excluding carboxylic acids is 2. The van der Waals surface area contributed by atoms with Crippen molar-refractivity contribution in [1.29, 1.82) is 0 Å². The third-order valence-corrected chi connectivity index (χ3v) is 8.73. The number of alkyl halides is 1. The minimum absolute atomic E-state index is 0.00115. The highest BCUT2D eigenvalue weighted by molar-refractivity contribution is 6.21. The molecule has 5 fully saturated rings. The highest BCUT2D eigenvalue weighted by Crippen LogP contribution is 2.41. The predicted octanol–water partition coefficient (Wildman–Crippen LogP) is -1.41. The Kier molecular flexibility index (Phi) is 7.41. The first-order valence-electron chi connectivity index (χ1n) is 12.7. The van der Waals surface area contributed by atoms with Crippen molar-refractivity contribution in [1.82, 2.24) is 42.6 Å². The number of piperazine rings is 1. The topological polar surface area (TPSA) is 122 Å². The van der Waals surface area contributed by atoms with E-state index in [0.717, 1.165) is 51.7 Å². The normalized spacial score (nSPS) is 44.7. The molecule has 186 valence electrons. The van der Waals surface area contributed by atoms with E-state index in [4.69, 9.17) is 11.6 Å². The Morgan fingerprint density at radius 2 is 1.88 bits per heavy atom. The Labute approximate surface area is 201 Å². The maximum atomic E-state index is 13.0. The van der Waals surface area contributed by atoms with E-state index in [-0.39, 0.29) is 53.4 Å². The molecule has 0 aromatic carbocycles. The maximum absolute atomic E-state index is 13.0. The van der Waals surface area contributed by atoms with Crippen LogP contribution in [0.3, 0.4) is 0 Å². The molecular formula is C22H39ClN8O2. The van der Waals surface area contributed by atoms with Crippen LogP contribution in [-0.4, -0.2) is 85.4 Å². The molecule has 5 aliphatic rings. The highest BCUT2D eigenvalue weighted by Gasteiger charge is 2.45. The molecule has 9 atom stereocenters. The number of fused-ring (bicyclic) bond motifs is 1. The lowest BCUT2D eigenvalue weighted by Crippen LogP contribution is -2.69. The Morgan fingerprint density at radius 3 is 2.64 bits per heavy atom. The number of carbonyl (C=O) groups is 2. The number of amides is 2. The Hall–Kier alpha value is -1.01. The fourth-order valence-corrected chi connectivity index (χ4v) is 7.14. The van der Waals surface area contributed by atoms with Crippen molar-refractivity contribution in [2.24, 2.45) is 17.8 Å². The molecule has 0 bridgehead atoms. The molecule has 4 saturated heterocycles. The molecular weight excluding hydrogens is 444 g/mol. The summed E-state index contributed by atoms with van der Waals surface area (Å²) >= 11 is 6.63. The van der Waals surface area contributed by atoms with Gasteiger partial charge in [-0.05, 0) is 44.4 Å². The van der Waals surface area contributed by atoms with Crippen LogP contribution in [-0.2, 0) is 9.59 Å². The van der Waals surface area contributed by atoms with Crippen LogP contribution in [0.2, 0.25) is 0 Å². The van der Waals surface area contributed by atoms with Crippen LogP contribution < -0.4 is 37.4 Å². The molecule has 4 heterocycles. The van der Waals surface area contributed by atoms with E-state index in [1.165, 1.54) is 0 Å². The molecule has 0 radical (unpaired) electrons. The van der Waals surface area contributed by atoms with Crippen LogP contribution in [0.4, 0.5) is 0 Å². The molecule has 10 nitrogen and oxygen atoms in total. The molecule has 9 unspecified atom stereocenters. The molecule has 11 heteroatoms. The van der Waals surface area contributed by atoms with Gasteiger partial charge in [-0.1, -0.05) is 6.42 Å². The first-order chi connectivity index (χ1) is 16.0. The van der Waals surface area contributed by atoms with E-state index in [9.17, 15) is 9.59 Å². The van der Waals surface area contributed by atoms with Crippen LogP contribution in [0, 0.1) is 17.8 Å². The van der Waals surface area contributed by atoms with Crippen molar-refractivity contribution in [3.8, 4) is 0 Å². The number of hydrogen-bond donors (Lipinski definition) is 7. The first-order valence-corrected chi connectivity index (χ1v) is 13.2. The summed E-state index contributed by atoms with van der Waals surface area (Å²) in [7, 11) is 0. The summed E-state index contributed by atoms with van der Waals surface area (Å²) in [5.74, 6) is 1.34. The molecule has 0 aromatic rings. The Bertz CT molecular complexity index is 723. The quantitative estimate of drug-likeness (QED) is 0.244. The van der Waals surface area contributed by atoms with Gasteiger partial charge in [-0.25, -0.2) is 10.9 Å². The zero-order valence-electron chi connectivity index (χ0n) is 19.4. The number of halogens is 1. The molecule has 1 aliphatic carbocycles. The Balaban J connectivity index is 1.12. The van der Waals surface area contributed by atoms with Gasteiger partial charge in [0.2, 0.25) is 11.8 Å². The molecule has 0 aromatic heterocycles. The SMILES string of the molecule is CC1NC(C(=O)NC2CNC(N3NCCN3)C(Cl)C2)CNC1C1CCCC2C(=O)NCCC21. The largest absolute Gasteiger partial charge is 0.356 e. The summed E-state index contributed by atoms with van der Waals surface area (Å²) in [6, 6.07) is 0.204. The predicted molar refractivity (Wildman–Crippen MR) is 126 cm³/mol. The number of nitrogens with zero attached hydrogens (tertiary/aromatic N) is 1. The average Bonchev–Trinajstić information content (AvgIpc) is 3.34. The van der Waals surface area contributed by atoms with Crippen molar-refractivity contribution < 1.29 is 9.59 Å². The van der Waals surface area contributed by atoms with E-state index in [1.807, 2.05) is 5.12 Å². The van der Waals surface area contributed by atoms with Crippen LogP contribution >= 0.6 is 11.6 Å². The Morgan fingerprint density at radius 1 is 1.06 bits per heavy atom. The molecule has 0 spiro atoms. The van der Waals surface area contributed by atoms with Crippen LogP contribution in [0.5, 0.6) is 0 Å². The molecule has 33 heavy (non-hydrogen) atoms. The van der Waals surface area contributed by atoms with Gasteiger partial charge in [-0.15, -0.1) is 11.6 Å². The molecule has 5 rings (SSSR count). The van der Waals surface area contributed by atoms with Crippen LogP contribution in [0.25, 0.3) is 0 Å². The van der Waals surface area contributed by atoms with E-state index in [1.54, 1.807) is 0 Å². The number of hydrazine groups is 2. The number of hydrogen-bond acceptors (Lipinski definition) is 8. The lowest BCUT2D eigenvalue weighted by molar-refractivity contribution is -0.132. The van der Waals surface area contributed by atoms with E-state index >= 15 is 0 Å². The lowest BCUT2D eigenvalue weighted by Gasteiger charge is -2.48.